The molecule has 0 bridgehead atoms. The molecule has 0 spiro atoms. The summed E-state index contributed by atoms with van der Waals surface area (Å²) in [6, 6.07) is 0. The van der Waals surface area contributed by atoms with Gasteiger partial charge < -0.3 is 9.64 Å². The van der Waals surface area contributed by atoms with Gasteiger partial charge in [-0.3, -0.25) is 4.79 Å². The van der Waals surface area contributed by atoms with Crippen LogP contribution in [-0.2, 0) is 9.53 Å². The third-order valence-electron chi connectivity index (χ3n) is 3.48. The molecule has 15 heavy (non-hydrogen) atoms. The molecule has 0 radical (unpaired) electrons. The molecule has 0 aromatic carbocycles. The lowest BCUT2D eigenvalue weighted by Crippen LogP contribution is -2.35. The topological polar surface area (TPSA) is 29.5 Å². The quantitative estimate of drug-likeness (QED) is 0.675. The highest BCUT2D eigenvalue weighted by Gasteiger charge is 2.36. The fourth-order valence-corrected chi connectivity index (χ4v) is 2.81. The molecule has 2 fully saturated rings. The van der Waals surface area contributed by atoms with Gasteiger partial charge >= 0.3 is 0 Å². The summed E-state index contributed by atoms with van der Waals surface area (Å²) in [7, 11) is 0. The van der Waals surface area contributed by atoms with E-state index in [1.54, 1.807) is 0 Å². The molecule has 0 aromatic rings. The summed E-state index contributed by atoms with van der Waals surface area (Å²) < 4.78 is 5.24. The van der Waals surface area contributed by atoms with Crippen LogP contribution in [0.2, 0.25) is 0 Å². The molecule has 0 saturated carbocycles. The Hall–Kier alpha value is -0.280. The Balaban J connectivity index is 1.91. The number of nitrogens with zero attached hydrogens (tertiary/aromatic N) is 1. The van der Waals surface area contributed by atoms with Crippen molar-refractivity contribution in [2.24, 2.45) is 11.8 Å². The third kappa shape index (κ3) is 2.28. The summed E-state index contributed by atoms with van der Waals surface area (Å²) in [5.74, 6) is 0.802. The first-order valence-electron chi connectivity index (χ1n) is 5.73. The van der Waals surface area contributed by atoms with Gasteiger partial charge in [-0.1, -0.05) is 13.3 Å². The average molecular weight is 232 g/mol. The fraction of sp³-hybridized carbons (Fsp3) is 0.909. The number of carbonyl (C=O) groups excluding carboxylic acids is 1. The van der Waals surface area contributed by atoms with E-state index in [2.05, 4.69) is 6.92 Å². The Kier molecular flexibility index (Phi) is 3.52. The van der Waals surface area contributed by atoms with E-state index in [9.17, 15) is 4.79 Å². The molecule has 4 heteroatoms. The Labute approximate surface area is 95.7 Å². The van der Waals surface area contributed by atoms with Gasteiger partial charge in [0.15, 0.2) is 0 Å². The average Bonchev–Trinajstić information content (AvgIpc) is 2.85. The van der Waals surface area contributed by atoms with Gasteiger partial charge in [0, 0.05) is 19.7 Å². The van der Waals surface area contributed by atoms with Crippen LogP contribution in [0.1, 0.15) is 19.8 Å². The molecule has 0 N–H and O–H groups in total. The molecule has 2 aliphatic heterocycles. The van der Waals surface area contributed by atoms with E-state index < -0.39 is 0 Å². The number of ether oxygens (including phenoxy) is 1. The Morgan fingerprint density at radius 2 is 2.33 bits per heavy atom. The molecule has 2 saturated heterocycles. The van der Waals surface area contributed by atoms with Crippen molar-refractivity contribution < 1.29 is 9.53 Å². The highest BCUT2D eigenvalue weighted by molar-refractivity contribution is 6.21. The molecule has 0 aliphatic carbocycles. The largest absolute Gasteiger partial charge is 0.381 e. The zero-order valence-electron chi connectivity index (χ0n) is 9.12. The maximum absolute atomic E-state index is 12.0. The van der Waals surface area contributed by atoms with Crippen molar-refractivity contribution in [2.45, 2.75) is 25.1 Å². The normalized spacial score (nSPS) is 36.1. The maximum atomic E-state index is 12.0. The highest BCUT2D eigenvalue weighted by Crippen LogP contribution is 2.27. The Morgan fingerprint density at radius 1 is 1.53 bits per heavy atom. The van der Waals surface area contributed by atoms with Crippen molar-refractivity contribution in [1.29, 1.82) is 0 Å². The predicted octanol–water partition coefficient (Wildman–Crippen LogP) is 1.50. The lowest BCUT2D eigenvalue weighted by atomic mass is 10.1. The van der Waals surface area contributed by atoms with Crippen molar-refractivity contribution in [3.8, 4) is 0 Å². The molecule has 1 amide bonds. The van der Waals surface area contributed by atoms with Gasteiger partial charge in [0.1, 0.15) is 0 Å². The second-order valence-corrected chi connectivity index (χ2v) is 5.05. The van der Waals surface area contributed by atoms with Crippen LogP contribution in [0.4, 0.5) is 0 Å². The first-order chi connectivity index (χ1) is 7.22. The van der Waals surface area contributed by atoms with Crippen LogP contribution in [0.15, 0.2) is 0 Å². The van der Waals surface area contributed by atoms with Crippen LogP contribution < -0.4 is 0 Å². The lowest BCUT2D eigenvalue weighted by Gasteiger charge is -2.19. The molecule has 3 unspecified atom stereocenters. The van der Waals surface area contributed by atoms with Gasteiger partial charge in [0.05, 0.1) is 17.9 Å². The van der Waals surface area contributed by atoms with Crippen molar-refractivity contribution in [3.63, 3.8) is 0 Å². The number of carbonyl (C=O) groups is 1. The summed E-state index contributed by atoms with van der Waals surface area (Å²) in [6.07, 6.45) is 1.93. The number of hydrogen-bond acceptors (Lipinski definition) is 2. The van der Waals surface area contributed by atoms with E-state index in [1.807, 2.05) is 4.90 Å². The van der Waals surface area contributed by atoms with Crippen LogP contribution in [0.25, 0.3) is 0 Å². The van der Waals surface area contributed by atoms with Crippen molar-refractivity contribution >= 4 is 17.5 Å². The van der Waals surface area contributed by atoms with Gasteiger partial charge in [-0.2, -0.15) is 0 Å². The minimum Gasteiger partial charge on any atom is -0.381 e. The molecule has 2 aliphatic rings. The van der Waals surface area contributed by atoms with E-state index in [-0.39, 0.29) is 17.2 Å². The van der Waals surface area contributed by atoms with Gasteiger partial charge in [0.2, 0.25) is 5.91 Å². The molecular weight excluding hydrogens is 214 g/mol. The molecular formula is C11H18ClNO2. The highest BCUT2D eigenvalue weighted by atomic mass is 35.5. The van der Waals surface area contributed by atoms with E-state index >= 15 is 0 Å². The maximum Gasteiger partial charge on any atom is 0.228 e. The number of amides is 1. The van der Waals surface area contributed by atoms with Crippen molar-refractivity contribution in [3.05, 3.63) is 0 Å². The summed E-state index contributed by atoms with van der Waals surface area (Å²) in [4.78, 5) is 14.0. The zero-order valence-corrected chi connectivity index (χ0v) is 9.87. The van der Waals surface area contributed by atoms with Crippen LogP contribution in [0.3, 0.4) is 0 Å². The number of rotatable bonds is 2. The first-order valence-corrected chi connectivity index (χ1v) is 6.16. The van der Waals surface area contributed by atoms with Gasteiger partial charge in [-0.05, 0) is 12.3 Å². The molecule has 3 nitrogen and oxygen atoms in total. The smallest absolute Gasteiger partial charge is 0.228 e. The number of hydrogen-bond donors (Lipinski definition) is 0. The van der Waals surface area contributed by atoms with Crippen molar-refractivity contribution in [2.75, 3.05) is 26.3 Å². The van der Waals surface area contributed by atoms with E-state index in [4.69, 9.17) is 16.3 Å². The predicted molar refractivity (Wildman–Crippen MR) is 58.9 cm³/mol. The Bertz CT molecular complexity index is 241. The summed E-state index contributed by atoms with van der Waals surface area (Å²) >= 11 is 6.20. The van der Waals surface area contributed by atoms with E-state index in [0.29, 0.717) is 12.5 Å². The van der Waals surface area contributed by atoms with Gasteiger partial charge in [-0.25, -0.2) is 0 Å². The summed E-state index contributed by atoms with van der Waals surface area (Å²) in [6.45, 7) is 5.01. The molecule has 86 valence electrons. The molecule has 0 aromatic heterocycles. The second-order valence-electron chi connectivity index (χ2n) is 4.49. The molecule has 2 rings (SSSR count). The second kappa shape index (κ2) is 4.71. The molecule has 2 heterocycles. The van der Waals surface area contributed by atoms with Crippen molar-refractivity contribution in [1.82, 2.24) is 4.90 Å². The van der Waals surface area contributed by atoms with Gasteiger partial charge in [-0.15, -0.1) is 11.6 Å². The number of likely N-dealkylation sites (tertiary alicyclic amines) is 1. The number of alkyl halides is 1. The first kappa shape index (κ1) is 11.2. The monoisotopic (exact) mass is 231 g/mol. The van der Waals surface area contributed by atoms with E-state index in [0.717, 1.165) is 32.5 Å². The van der Waals surface area contributed by atoms with Crippen LogP contribution in [0.5, 0.6) is 0 Å². The standard InChI is InChI=1S/C11H18ClNO2/c1-2-8-5-13(6-10(8)12)11(14)9-3-4-15-7-9/h8-10H,2-7H2,1H3. The lowest BCUT2D eigenvalue weighted by molar-refractivity contribution is -0.134. The third-order valence-corrected chi connectivity index (χ3v) is 3.97. The summed E-state index contributed by atoms with van der Waals surface area (Å²) in [5.41, 5.74) is 0. The van der Waals surface area contributed by atoms with Crippen LogP contribution in [-0.4, -0.2) is 42.5 Å². The minimum atomic E-state index is 0.0875. The summed E-state index contributed by atoms with van der Waals surface area (Å²) in [5, 5.41) is 0.140. The zero-order chi connectivity index (χ0) is 10.8. The van der Waals surface area contributed by atoms with Crippen LogP contribution >= 0.6 is 11.6 Å². The SMILES string of the molecule is CCC1CN(C(=O)C2CCOC2)CC1Cl. The van der Waals surface area contributed by atoms with Crippen LogP contribution in [0, 0.1) is 11.8 Å². The Morgan fingerprint density at radius 3 is 2.87 bits per heavy atom. The minimum absolute atomic E-state index is 0.0875. The fourth-order valence-electron chi connectivity index (χ4n) is 2.38. The van der Waals surface area contributed by atoms with Gasteiger partial charge in [0.25, 0.3) is 0 Å². The van der Waals surface area contributed by atoms with E-state index in [1.165, 1.54) is 0 Å². The molecule has 3 atom stereocenters. The number of halogens is 1.